The molecule has 2 N–H and O–H groups in total. The molecule has 5 nitrogen and oxygen atoms in total. The number of hydrogen-bond donors (Lipinski definition) is 2. The second-order valence-corrected chi connectivity index (χ2v) is 8.24. The zero-order valence-corrected chi connectivity index (χ0v) is 17.6. The van der Waals surface area contributed by atoms with Crippen molar-refractivity contribution in [2.24, 2.45) is 10.9 Å². The van der Waals surface area contributed by atoms with Gasteiger partial charge < -0.3 is 15.4 Å². The molecule has 1 aliphatic rings. The molecule has 152 valence electrons. The number of aryl methyl sites for hydroxylation is 2. The molecule has 1 saturated carbocycles. The van der Waals surface area contributed by atoms with Gasteiger partial charge in [-0.25, -0.2) is 9.37 Å². The number of hydrogen-bond acceptors (Lipinski definition) is 4. The van der Waals surface area contributed by atoms with Crippen LogP contribution >= 0.6 is 11.3 Å². The average molecular weight is 405 g/mol. The molecule has 7 heteroatoms. The number of guanidine groups is 1. The normalized spacial score (nSPS) is 15.4. The van der Waals surface area contributed by atoms with Crippen molar-refractivity contribution in [3.63, 3.8) is 0 Å². The number of aromatic nitrogens is 1. The van der Waals surface area contributed by atoms with E-state index in [4.69, 9.17) is 4.74 Å². The van der Waals surface area contributed by atoms with Crippen molar-refractivity contribution in [1.29, 1.82) is 0 Å². The molecule has 1 fully saturated rings. The molecule has 1 heterocycles. The number of halogens is 1. The molecule has 28 heavy (non-hydrogen) atoms. The molecule has 1 aliphatic carbocycles. The molecule has 1 aromatic heterocycles. The Hall–Kier alpha value is -2.15. The largest absolute Gasteiger partial charge is 0.490 e. The fourth-order valence-corrected chi connectivity index (χ4v) is 3.66. The Morgan fingerprint density at radius 1 is 1.43 bits per heavy atom. The maximum absolute atomic E-state index is 14.3. The van der Waals surface area contributed by atoms with Gasteiger partial charge >= 0.3 is 0 Å². The topological polar surface area (TPSA) is 58.5 Å². The van der Waals surface area contributed by atoms with Crippen molar-refractivity contribution in [3.8, 4) is 5.75 Å². The summed E-state index contributed by atoms with van der Waals surface area (Å²) in [6.07, 6.45) is 4.31. The molecule has 0 spiro atoms. The number of thiazole rings is 1. The smallest absolute Gasteiger partial charge is 0.191 e. The first-order valence-corrected chi connectivity index (χ1v) is 10.7. The van der Waals surface area contributed by atoms with Gasteiger partial charge in [0.25, 0.3) is 0 Å². The van der Waals surface area contributed by atoms with E-state index in [9.17, 15) is 4.39 Å². The van der Waals surface area contributed by atoms with Crippen LogP contribution in [0.4, 0.5) is 4.39 Å². The average Bonchev–Trinajstić information content (AvgIpc) is 3.42. The fraction of sp³-hybridized carbons (Fsp3) is 0.524. The second-order valence-electron chi connectivity index (χ2n) is 7.30. The predicted octanol–water partition coefficient (Wildman–Crippen LogP) is 4.24. The lowest BCUT2D eigenvalue weighted by Gasteiger charge is -2.19. The Morgan fingerprint density at radius 3 is 2.89 bits per heavy atom. The van der Waals surface area contributed by atoms with E-state index in [1.807, 2.05) is 19.9 Å². The van der Waals surface area contributed by atoms with Crippen LogP contribution in [0.3, 0.4) is 0 Å². The summed E-state index contributed by atoms with van der Waals surface area (Å²) in [6, 6.07) is 5.09. The molecule has 0 amide bonds. The number of aliphatic imine (C=N–C) groups is 1. The molecule has 0 bridgehead atoms. The van der Waals surface area contributed by atoms with E-state index in [0.29, 0.717) is 24.2 Å². The van der Waals surface area contributed by atoms with E-state index in [0.717, 1.165) is 35.7 Å². The maximum Gasteiger partial charge on any atom is 0.191 e. The van der Waals surface area contributed by atoms with E-state index < -0.39 is 0 Å². The van der Waals surface area contributed by atoms with Crippen molar-refractivity contribution in [2.75, 3.05) is 20.2 Å². The maximum atomic E-state index is 14.3. The zero-order valence-electron chi connectivity index (χ0n) is 16.8. The van der Waals surface area contributed by atoms with Crippen LogP contribution in [0.25, 0.3) is 0 Å². The Morgan fingerprint density at radius 2 is 2.25 bits per heavy atom. The summed E-state index contributed by atoms with van der Waals surface area (Å²) in [4.78, 5) is 8.74. The SMILES string of the molecule is CN=C(NCCCc1nc(C)cs1)NC(C)c1ccc(OCC2CC2)c(F)c1. The van der Waals surface area contributed by atoms with Gasteiger partial charge in [0.05, 0.1) is 17.7 Å². The molecule has 0 aliphatic heterocycles. The third-order valence-corrected chi connectivity index (χ3v) is 5.76. The first-order valence-electron chi connectivity index (χ1n) is 9.85. The lowest BCUT2D eigenvalue weighted by Crippen LogP contribution is -2.39. The number of rotatable bonds is 9. The number of benzene rings is 1. The molecular formula is C21H29FN4OS. The first-order chi connectivity index (χ1) is 13.5. The van der Waals surface area contributed by atoms with Gasteiger partial charge in [0.1, 0.15) is 0 Å². The van der Waals surface area contributed by atoms with E-state index in [-0.39, 0.29) is 11.9 Å². The van der Waals surface area contributed by atoms with Crippen LogP contribution in [0.15, 0.2) is 28.6 Å². The standard InChI is InChI=1S/C21H29FN4OS/c1-14-13-28-20(25-14)5-4-10-24-21(23-3)26-15(2)17-8-9-19(18(22)11-17)27-12-16-6-7-16/h8-9,11,13,15-16H,4-7,10,12H2,1-3H3,(H2,23,24,26). The lowest BCUT2D eigenvalue weighted by atomic mass is 10.1. The number of nitrogens with one attached hydrogen (secondary N) is 2. The second kappa shape index (κ2) is 9.87. The monoisotopic (exact) mass is 404 g/mol. The molecular weight excluding hydrogens is 375 g/mol. The minimum absolute atomic E-state index is 0.0696. The van der Waals surface area contributed by atoms with Gasteiger partial charge in [-0.05, 0) is 56.7 Å². The van der Waals surface area contributed by atoms with Crippen LogP contribution in [0.5, 0.6) is 5.75 Å². The highest BCUT2D eigenvalue weighted by atomic mass is 32.1. The van der Waals surface area contributed by atoms with Crippen LogP contribution in [0.2, 0.25) is 0 Å². The minimum atomic E-state index is -0.312. The molecule has 1 atom stereocenters. The van der Waals surface area contributed by atoms with Crippen LogP contribution in [0, 0.1) is 18.7 Å². The summed E-state index contributed by atoms with van der Waals surface area (Å²) in [6.45, 7) is 5.42. The molecule has 3 rings (SSSR count). The quantitative estimate of drug-likeness (QED) is 0.373. The number of ether oxygens (including phenoxy) is 1. The van der Waals surface area contributed by atoms with Gasteiger partial charge in [0, 0.05) is 31.1 Å². The summed E-state index contributed by atoms with van der Waals surface area (Å²) in [5.74, 6) is 1.34. The van der Waals surface area contributed by atoms with Gasteiger partial charge in [-0.3, -0.25) is 4.99 Å². The first kappa shape index (κ1) is 20.6. The highest BCUT2D eigenvalue weighted by Gasteiger charge is 2.22. The van der Waals surface area contributed by atoms with Crippen LogP contribution < -0.4 is 15.4 Å². The minimum Gasteiger partial charge on any atom is -0.490 e. The van der Waals surface area contributed by atoms with Crippen molar-refractivity contribution in [2.45, 2.75) is 45.6 Å². The number of nitrogens with zero attached hydrogens (tertiary/aromatic N) is 2. The highest BCUT2D eigenvalue weighted by molar-refractivity contribution is 7.09. The molecule has 0 saturated heterocycles. The van der Waals surface area contributed by atoms with Gasteiger partial charge in [-0.15, -0.1) is 11.3 Å². The van der Waals surface area contributed by atoms with Crippen molar-refractivity contribution in [3.05, 3.63) is 45.7 Å². The summed E-state index contributed by atoms with van der Waals surface area (Å²) in [7, 11) is 1.74. The van der Waals surface area contributed by atoms with Crippen LogP contribution in [-0.2, 0) is 6.42 Å². The molecule has 2 aromatic rings. The van der Waals surface area contributed by atoms with E-state index >= 15 is 0 Å². The summed E-state index contributed by atoms with van der Waals surface area (Å²) in [5, 5.41) is 9.86. The zero-order chi connectivity index (χ0) is 19.9. The predicted molar refractivity (Wildman–Crippen MR) is 113 cm³/mol. The Labute approximate surface area is 170 Å². The van der Waals surface area contributed by atoms with Gasteiger partial charge in [0.2, 0.25) is 0 Å². The molecule has 0 radical (unpaired) electrons. The third kappa shape index (κ3) is 6.19. The van der Waals surface area contributed by atoms with Gasteiger partial charge in [-0.2, -0.15) is 0 Å². The van der Waals surface area contributed by atoms with E-state index in [2.05, 4.69) is 26.0 Å². The third-order valence-electron chi connectivity index (χ3n) is 4.73. The van der Waals surface area contributed by atoms with Crippen molar-refractivity contribution < 1.29 is 9.13 Å². The Bertz CT molecular complexity index is 803. The molecule has 1 unspecified atom stereocenters. The van der Waals surface area contributed by atoms with Crippen LogP contribution in [-0.4, -0.2) is 31.1 Å². The summed E-state index contributed by atoms with van der Waals surface area (Å²) < 4.78 is 19.9. The molecule has 1 aromatic carbocycles. The van der Waals surface area contributed by atoms with Crippen LogP contribution in [0.1, 0.15) is 48.5 Å². The lowest BCUT2D eigenvalue weighted by molar-refractivity contribution is 0.285. The highest BCUT2D eigenvalue weighted by Crippen LogP contribution is 2.30. The van der Waals surface area contributed by atoms with Crippen molar-refractivity contribution in [1.82, 2.24) is 15.6 Å². The van der Waals surface area contributed by atoms with E-state index in [1.165, 1.54) is 18.9 Å². The Kier molecular flexibility index (Phi) is 7.25. The summed E-state index contributed by atoms with van der Waals surface area (Å²) in [5.41, 5.74) is 1.94. The van der Waals surface area contributed by atoms with Gasteiger partial charge in [-0.1, -0.05) is 6.07 Å². The van der Waals surface area contributed by atoms with Gasteiger partial charge in [0.15, 0.2) is 17.5 Å². The Balaban J connectivity index is 1.44. The fourth-order valence-electron chi connectivity index (χ4n) is 2.84. The van der Waals surface area contributed by atoms with E-state index in [1.54, 1.807) is 24.5 Å². The van der Waals surface area contributed by atoms with Crippen molar-refractivity contribution >= 4 is 17.3 Å². The summed E-state index contributed by atoms with van der Waals surface area (Å²) >= 11 is 1.70.